The van der Waals surface area contributed by atoms with Crippen molar-refractivity contribution >= 4 is 34.4 Å². The zero-order valence-electron chi connectivity index (χ0n) is 22.1. The second kappa shape index (κ2) is 10.7. The molecule has 2 saturated heterocycles. The van der Waals surface area contributed by atoms with Crippen molar-refractivity contribution in [3.05, 3.63) is 64.1 Å². The van der Waals surface area contributed by atoms with Crippen LogP contribution < -0.4 is 15.3 Å². The number of likely N-dealkylation sites (tertiary alicyclic amines) is 1. The minimum absolute atomic E-state index is 0.0253. The number of carbonyl (C=O) groups is 1. The number of carbonyl (C=O) groups excluding carboxylic acids is 1. The molecule has 3 aromatic rings. The van der Waals surface area contributed by atoms with E-state index in [0.29, 0.717) is 47.3 Å². The number of fused-ring (bicyclic) bond motifs is 1. The van der Waals surface area contributed by atoms with Crippen molar-refractivity contribution in [1.82, 2.24) is 24.3 Å². The molecule has 0 unspecified atom stereocenters. The van der Waals surface area contributed by atoms with Gasteiger partial charge >= 0.3 is 5.69 Å². The van der Waals surface area contributed by atoms with Crippen LogP contribution in [0.5, 0.6) is 11.6 Å². The molecule has 0 radical (unpaired) electrons. The summed E-state index contributed by atoms with van der Waals surface area (Å²) in [6.45, 7) is 10.9. The molecule has 1 amide bonds. The third-order valence-electron chi connectivity index (χ3n) is 7.44. The maximum Gasteiger partial charge on any atom is 0.351 e. The number of benzene rings is 1. The van der Waals surface area contributed by atoms with Gasteiger partial charge in [-0.25, -0.2) is 4.79 Å². The smallest absolute Gasteiger partial charge is 0.351 e. The summed E-state index contributed by atoms with van der Waals surface area (Å²) in [7, 11) is 2.09. The Balaban J connectivity index is 1.62. The first-order valence-corrected chi connectivity index (χ1v) is 13.4. The summed E-state index contributed by atoms with van der Waals surface area (Å²) >= 11 is 6.73. The van der Waals surface area contributed by atoms with Crippen LogP contribution in [0.25, 0.3) is 11.0 Å². The fourth-order valence-corrected chi connectivity index (χ4v) is 5.56. The molecule has 1 atom stereocenters. The van der Waals surface area contributed by atoms with Crippen molar-refractivity contribution in [1.29, 1.82) is 0 Å². The number of amides is 1. The van der Waals surface area contributed by atoms with Crippen molar-refractivity contribution in [3.8, 4) is 11.6 Å². The van der Waals surface area contributed by atoms with Gasteiger partial charge in [-0.15, -0.1) is 0 Å². The van der Waals surface area contributed by atoms with Crippen molar-refractivity contribution in [3.63, 3.8) is 0 Å². The van der Waals surface area contributed by atoms with Crippen LogP contribution in [0.15, 0.2) is 47.8 Å². The molecule has 0 saturated carbocycles. The molecule has 0 bridgehead atoms. The topological polar surface area (TPSA) is 83.8 Å². The standard InChI is InChI=1S/C28H33ClN6O3/c1-5-24(36)33-13-14-34(19(3)17-33)25-22-16-23(29)27(38-21-8-6-7-18(2)15-21)30-26(22)35(28(37)31-25)20-9-11-32(4)12-10-20/h5-8,15-16,19-20H,1,9-14,17H2,2-4H3/t19-/m0/s1. The van der Waals surface area contributed by atoms with Crippen molar-refractivity contribution in [2.24, 2.45) is 0 Å². The number of anilines is 1. The van der Waals surface area contributed by atoms with Gasteiger partial charge in [0.15, 0.2) is 5.65 Å². The predicted molar refractivity (Wildman–Crippen MR) is 149 cm³/mol. The molecule has 9 nitrogen and oxygen atoms in total. The number of aryl methyl sites for hydroxylation is 1. The maximum atomic E-state index is 13.6. The van der Waals surface area contributed by atoms with Crippen molar-refractivity contribution in [2.75, 3.05) is 44.7 Å². The fourth-order valence-electron chi connectivity index (χ4n) is 5.37. The van der Waals surface area contributed by atoms with Gasteiger partial charge in [-0.05, 0) is 76.7 Å². The van der Waals surface area contributed by atoms with E-state index in [-0.39, 0.29) is 29.6 Å². The molecule has 2 aliphatic rings. The van der Waals surface area contributed by atoms with E-state index in [1.807, 2.05) is 38.1 Å². The van der Waals surface area contributed by atoms with Crippen LogP contribution in [0, 0.1) is 6.92 Å². The zero-order chi connectivity index (χ0) is 27.0. The lowest BCUT2D eigenvalue weighted by Crippen LogP contribution is -2.54. The molecule has 0 aliphatic carbocycles. The Hall–Kier alpha value is -3.43. The van der Waals surface area contributed by atoms with Crippen LogP contribution in [-0.4, -0.2) is 76.1 Å². The van der Waals surface area contributed by atoms with Crippen LogP contribution in [0.2, 0.25) is 5.02 Å². The Kier molecular flexibility index (Phi) is 7.40. The summed E-state index contributed by atoms with van der Waals surface area (Å²) in [6, 6.07) is 9.37. The highest BCUT2D eigenvalue weighted by Gasteiger charge is 2.31. The van der Waals surface area contributed by atoms with Crippen LogP contribution in [0.3, 0.4) is 0 Å². The second-order valence-corrected chi connectivity index (χ2v) is 10.6. The lowest BCUT2D eigenvalue weighted by Gasteiger charge is -2.40. The Bertz CT molecular complexity index is 1430. The summed E-state index contributed by atoms with van der Waals surface area (Å²) < 4.78 is 7.82. The van der Waals surface area contributed by atoms with Gasteiger partial charge in [0.25, 0.3) is 0 Å². The minimum Gasteiger partial charge on any atom is -0.437 e. The number of hydrogen-bond acceptors (Lipinski definition) is 7. The average Bonchev–Trinajstić information content (AvgIpc) is 2.89. The van der Waals surface area contributed by atoms with E-state index in [2.05, 4.69) is 28.4 Å². The summed E-state index contributed by atoms with van der Waals surface area (Å²) in [5, 5.41) is 1.03. The number of piperidine rings is 1. The van der Waals surface area contributed by atoms with Gasteiger partial charge in [0, 0.05) is 31.7 Å². The highest BCUT2D eigenvalue weighted by Crippen LogP contribution is 2.36. The second-order valence-electron chi connectivity index (χ2n) is 10.2. The van der Waals surface area contributed by atoms with Crippen LogP contribution in [-0.2, 0) is 4.79 Å². The van der Waals surface area contributed by atoms with Gasteiger partial charge in [-0.2, -0.15) is 9.97 Å². The Labute approximate surface area is 227 Å². The summed E-state index contributed by atoms with van der Waals surface area (Å²) in [6.07, 6.45) is 2.98. The molecule has 4 heterocycles. The number of aromatic nitrogens is 3. The molecule has 0 spiro atoms. The highest BCUT2D eigenvalue weighted by molar-refractivity contribution is 6.32. The van der Waals surface area contributed by atoms with Gasteiger partial charge in [-0.1, -0.05) is 30.3 Å². The molecule has 2 fully saturated rings. The molecule has 1 aromatic carbocycles. The van der Waals surface area contributed by atoms with E-state index in [0.717, 1.165) is 31.5 Å². The molecule has 2 aliphatic heterocycles. The molecule has 5 rings (SSSR count). The molecule has 2 aromatic heterocycles. The number of hydrogen-bond donors (Lipinski definition) is 0. The Morgan fingerprint density at radius 1 is 1.16 bits per heavy atom. The number of pyridine rings is 1. The Morgan fingerprint density at radius 3 is 2.61 bits per heavy atom. The highest BCUT2D eigenvalue weighted by atomic mass is 35.5. The molecule has 10 heteroatoms. The number of nitrogens with zero attached hydrogens (tertiary/aromatic N) is 6. The lowest BCUT2D eigenvalue weighted by atomic mass is 10.0. The normalized spacial score (nSPS) is 19.1. The van der Waals surface area contributed by atoms with E-state index in [1.54, 1.807) is 15.5 Å². The lowest BCUT2D eigenvalue weighted by molar-refractivity contribution is -0.126. The monoisotopic (exact) mass is 536 g/mol. The zero-order valence-corrected chi connectivity index (χ0v) is 22.8. The fraction of sp³-hybridized carbons (Fsp3) is 0.429. The quantitative estimate of drug-likeness (QED) is 0.455. The number of rotatable bonds is 5. The van der Waals surface area contributed by atoms with Gasteiger partial charge in [0.1, 0.15) is 16.6 Å². The maximum absolute atomic E-state index is 13.6. The number of piperazine rings is 1. The van der Waals surface area contributed by atoms with Gasteiger partial charge < -0.3 is 19.4 Å². The van der Waals surface area contributed by atoms with E-state index in [4.69, 9.17) is 21.3 Å². The average molecular weight is 537 g/mol. The van der Waals surface area contributed by atoms with Gasteiger partial charge in [-0.3, -0.25) is 9.36 Å². The third-order valence-corrected chi connectivity index (χ3v) is 7.71. The summed E-state index contributed by atoms with van der Waals surface area (Å²) in [5.74, 6) is 1.30. The minimum atomic E-state index is -0.338. The third kappa shape index (κ3) is 5.13. The molecular formula is C28H33ClN6O3. The van der Waals surface area contributed by atoms with Crippen LogP contribution in [0.1, 0.15) is 31.4 Å². The van der Waals surface area contributed by atoms with E-state index >= 15 is 0 Å². The van der Waals surface area contributed by atoms with Gasteiger partial charge in [0.2, 0.25) is 11.8 Å². The number of ether oxygens (including phenoxy) is 1. The summed E-state index contributed by atoms with van der Waals surface area (Å²) in [4.78, 5) is 41.3. The first kappa shape index (κ1) is 26.2. The van der Waals surface area contributed by atoms with Crippen LogP contribution in [0.4, 0.5) is 5.82 Å². The number of halogens is 1. The SMILES string of the molecule is C=CC(=O)N1CCN(c2nc(=O)n(C3CCN(C)CC3)c3nc(Oc4cccc(C)c4)c(Cl)cc23)[C@@H](C)C1. The molecule has 38 heavy (non-hydrogen) atoms. The van der Waals surface area contributed by atoms with E-state index < -0.39 is 0 Å². The largest absolute Gasteiger partial charge is 0.437 e. The molecular weight excluding hydrogens is 504 g/mol. The Morgan fingerprint density at radius 2 is 1.92 bits per heavy atom. The van der Waals surface area contributed by atoms with Crippen molar-refractivity contribution < 1.29 is 9.53 Å². The van der Waals surface area contributed by atoms with E-state index in [1.165, 1.54) is 6.08 Å². The van der Waals surface area contributed by atoms with Gasteiger partial charge in [0.05, 0.1) is 5.39 Å². The summed E-state index contributed by atoms with van der Waals surface area (Å²) in [5.41, 5.74) is 1.23. The molecule has 200 valence electrons. The molecule has 0 N–H and O–H groups in total. The van der Waals surface area contributed by atoms with E-state index in [9.17, 15) is 9.59 Å². The predicted octanol–water partition coefficient (Wildman–Crippen LogP) is 4.04. The van der Waals surface area contributed by atoms with Crippen molar-refractivity contribution in [2.45, 2.75) is 38.8 Å². The van der Waals surface area contributed by atoms with Crippen LogP contribution >= 0.6 is 11.6 Å². The first-order valence-electron chi connectivity index (χ1n) is 13.0. The first-order chi connectivity index (χ1) is 18.2.